The number of hydrogen-bond donors (Lipinski definition) is 0. The van der Waals surface area contributed by atoms with Crippen LogP contribution in [0.1, 0.15) is 11.1 Å². The van der Waals surface area contributed by atoms with Crippen LogP contribution in [0.25, 0.3) is 10.9 Å². The summed E-state index contributed by atoms with van der Waals surface area (Å²) >= 11 is -0.181. The van der Waals surface area contributed by atoms with E-state index in [-0.39, 0.29) is 13.4 Å². The van der Waals surface area contributed by atoms with Crippen molar-refractivity contribution >= 4 is 42.9 Å². The number of hydrogen-bond acceptors (Lipinski definition) is 1. The molecular weight excluding hydrogens is 343 g/mol. The van der Waals surface area contributed by atoms with Gasteiger partial charge in [0.15, 0.2) is 0 Å². The molecule has 2 nitrogen and oxygen atoms in total. The van der Waals surface area contributed by atoms with E-state index in [1.54, 1.807) is 0 Å². The van der Waals surface area contributed by atoms with E-state index in [1.807, 2.05) is 48.8 Å². The average molecular weight is 356 g/mol. The van der Waals surface area contributed by atoms with Gasteiger partial charge in [-0.1, -0.05) is 42.5 Å². The third-order valence-corrected chi connectivity index (χ3v) is 3.01. The Balaban J connectivity index is 0.000000497. The summed E-state index contributed by atoms with van der Waals surface area (Å²) in [5, 5.41) is 1.16. The number of para-hydroxylation sites is 2. The van der Waals surface area contributed by atoms with E-state index in [0.717, 1.165) is 22.2 Å². The molecule has 0 bridgehead atoms. The van der Waals surface area contributed by atoms with E-state index in [2.05, 4.69) is 29.0 Å². The molecule has 0 fully saturated rings. The maximum absolute atomic E-state index is 4.83. The molecule has 0 saturated carbocycles. The van der Waals surface area contributed by atoms with Crippen molar-refractivity contribution in [3.05, 3.63) is 65.9 Å². The minimum atomic E-state index is -0.181. The van der Waals surface area contributed by atoms with Crippen molar-refractivity contribution in [3.63, 3.8) is 0 Å². The van der Waals surface area contributed by atoms with Crippen LogP contribution in [0, 0.1) is 6.92 Å². The molecule has 107 valence electrons. The van der Waals surface area contributed by atoms with Gasteiger partial charge in [-0.25, -0.2) is 0 Å². The number of fused-ring (bicyclic) bond motifs is 1. The molecule has 3 aromatic rings. The number of benzene rings is 2. The summed E-state index contributed by atoms with van der Waals surface area (Å²) < 4.78 is 0. The fraction of sp³-hybridized carbons (Fsp3) is 0.0625. The molecule has 0 radical (unpaired) electrons. The van der Waals surface area contributed by atoms with Crippen LogP contribution in [0.15, 0.2) is 59.7 Å². The average Bonchev–Trinajstić information content (AvgIpc) is 2.96. The Labute approximate surface area is 138 Å². The number of aromatic nitrogens is 1. The monoisotopic (exact) mass is 355 g/mol. The minimum absolute atomic E-state index is 0.181. The van der Waals surface area contributed by atoms with Crippen molar-refractivity contribution in [2.24, 2.45) is 4.99 Å². The second kappa shape index (κ2) is 8.27. The summed E-state index contributed by atoms with van der Waals surface area (Å²) in [6.07, 6.45) is 3.72. The number of nitrogens with zero attached hydrogens (tertiary/aromatic N) is 2. The molecule has 0 aliphatic heterocycles. The molecule has 0 atom stereocenters. The van der Waals surface area contributed by atoms with Crippen molar-refractivity contribution in [3.8, 4) is 0 Å². The van der Waals surface area contributed by atoms with Gasteiger partial charge in [-0.2, -0.15) is 6.20 Å². The van der Waals surface area contributed by atoms with Crippen LogP contribution in [0.2, 0.25) is 0 Å². The van der Waals surface area contributed by atoms with Gasteiger partial charge in [0.25, 0.3) is 0 Å². The summed E-state index contributed by atoms with van der Waals surface area (Å²) in [4.78, 5) is 8.90. The van der Waals surface area contributed by atoms with Crippen LogP contribution in [0.4, 0.5) is 5.69 Å². The molecule has 1 aromatic heterocycles. The first kappa shape index (κ1) is 16.1. The Kier molecular flexibility index (Phi) is 6.35. The molecule has 0 saturated heterocycles. The van der Waals surface area contributed by atoms with Gasteiger partial charge in [-0.3, -0.25) is 4.99 Å². The zero-order valence-corrected chi connectivity index (χ0v) is 14.1. The fourth-order valence-electron chi connectivity index (χ4n) is 2.01. The van der Waals surface area contributed by atoms with E-state index in [9.17, 15) is 0 Å². The SMILES string of the molecule is Cc1ccccc1N=Cc1cccc2cc[n-]c12.[Cl][Cr+][Cl]. The molecule has 0 amide bonds. The van der Waals surface area contributed by atoms with Crippen molar-refractivity contribution in [2.75, 3.05) is 0 Å². The van der Waals surface area contributed by atoms with Gasteiger partial charge < -0.3 is 4.98 Å². The second-order valence-electron chi connectivity index (χ2n) is 4.33. The Morgan fingerprint density at radius 2 is 1.81 bits per heavy atom. The molecule has 21 heavy (non-hydrogen) atoms. The van der Waals surface area contributed by atoms with Gasteiger partial charge in [0.1, 0.15) is 0 Å². The summed E-state index contributed by atoms with van der Waals surface area (Å²) in [5.41, 5.74) is 4.24. The quantitative estimate of drug-likeness (QED) is 0.578. The van der Waals surface area contributed by atoms with Crippen LogP contribution in [0.5, 0.6) is 0 Å². The second-order valence-corrected chi connectivity index (χ2v) is 6.44. The predicted molar refractivity (Wildman–Crippen MR) is 87.4 cm³/mol. The molecule has 0 aliphatic rings. The first-order chi connectivity index (χ1) is 10.3. The van der Waals surface area contributed by atoms with Gasteiger partial charge in [0.05, 0.1) is 5.69 Å². The number of aryl methyl sites for hydroxylation is 1. The van der Waals surface area contributed by atoms with Crippen molar-refractivity contribution in [1.29, 1.82) is 0 Å². The summed E-state index contributed by atoms with van der Waals surface area (Å²) in [7, 11) is 9.65. The molecule has 0 spiro atoms. The molecule has 0 unspecified atom stereocenters. The van der Waals surface area contributed by atoms with Crippen LogP contribution >= 0.6 is 20.1 Å². The van der Waals surface area contributed by atoms with Crippen molar-refractivity contribution in [2.45, 2.75) is 6.92 Å². The molecular formula is C16H13Cl2CrN2. The van der Waals surface area contributed by atoms with Gasteiger partial charge in [-0.05, 0) is 29.5 Å². The number of aliphatic imine (C=N–C) groups is 1. The predicted octanol–water partition coefficient (Wildman–Crippen LogP) is 5.23. The fourth-order valence-corrected chi connectivity index (χ4v) is 2.01. The van der Waals surface area contributed by atoms with E-state index in [1.165, 1.54) is 5.56 Å². The molecule has 3 rings (SSSR count). The molecule has 1 heterocycles. The molecule has 0 N–H and O–H groups in total. The summed E-state index contributed by atoms with van der Waals surface area (Å²) in [5.74, 6) is 0. The van der Waals surface area contributed by atoms with Crippen LogP contribution in [-0.4, -0.2) is 6.21 Å². The van der Waals surface area contributed by atoms with E-state index < -0.39 is 0 Å². The summed E-state index contributed by atoms with van der Waals surface area (Å²) in [6, 6.07) is 16.3. The first-order valence-electron chi connectivity index (χ1n) is 6.25. The van der Waals surface area contributed by atoms with Crippen molar-refractivity contribution < 1.29 is 13.4 Å². The normalized spacial score (nSPS) is 10.4. The van der Waals surface area contributed by atoms with Crippen LogP contribution in [-0.2, 0) is 13.4 Å². The zero-order chi connectivity index (χ0) is 15.1. The Bertz CT molecular complexity index is 738. The van der Waals surface area contributed by atoms with E-state index in [0.29, 0.717) is 0 Å². The topological polar surface area (TPSA) is 26.5 Å². The third-order valence-electron chi connectivity index (χ3n) is 3.01. The van der Waals surface area contributed by atoms with Gasteiger partial charge >= 0.3 is 33.5 Å². The Morgan fingerprint density at radius 1 is 1.05 bits per heavy atom. The van der Waals surface area contributed by atoms with Gasteiger partial charge in [0.2, 0.25) is 0 Å². The number of halogens is 2. The number of rotatable bonds is 2. The van der Waals surface area contributed by atoms with Gasteiger partial charge in [-0.15, -0.1) is 5.52 Å². The van der Waals surface area contributed by atoms with Crippen molar-refractivity contribution in [1.82, 2.24) is 4.98 Å². The maximum atomic E-state index is 4.83. The van der Waals surface area contributed by atoms with Crippen LogP contribution in [0.3, 0.4) is 0 Å². The Morgan fingerprint density at radius 3 is 2.57 bits per heavy atom. The summed E-state index contributed by atoms with van der Waals surface area (Å²) in [6.45, 7) is 2.06. The van der Waals surface area contributed by atoms with Crippen LogP contribution < -0.4 is 4.98 Å². The van der Waals surface area contributed by atoms with Gasteiger partial charge in [0, 0.05) is 6.21 Å². The first-order valence-corrected chi connectivity index (χ1v) is 9.76. The molecule has 5 heteroatoms. The van der Waals surface area contributed by atoms with E-state index >= 15 is 0 Å². The molecule has 2 aromatic carbocycles. The zero-order valence-electron chi connectivity index (χ0n) is 11.3. The van der Waals surface area contributed by atoms with E-state index in [4.69, 9.17) is 20.1 Å². The molecule has 0 aliphatic carbocycles. The third kappa shape index (κ3) is 4.36. The standard InChI is InChI=1S/C16H13N2.2ClH.Cr/c1-12-5-2-3-8-15(12)18-11-14-7-4-6-13-9-10-17-16(13)14;;;/h2-11H,1H3;2*1H;/q-1;;;+3/p-2. The Hall–Kier alpha value is -1.24.